The van der Waals surface area contributed by atoms with E-state index in [2.05, 4.69) is 5.32 Å². The number of carbonyl (C=O) groups is 1. The molecule has 0 saturated heterocycles. The lowest BCUT2D eigenvalue weighted by Crippen LogP contribution is -2.28. The van der Waals surface area contributed by atoms with Gasteiger partial charge in [0.15, 0.2) is 0 Å². The van der Waals surface area contributed by atoms with Crippen molar-refractivity contribution in [2.75, 3.05) is 33.9 Å². The van der Waals surface area contributed by atoms with E-state index >= 15 is 0 Å². The molecule has 0 aliphatic rings. The fraction of sp³-hybridized carbons (Fsp3) is 0.500. The highest BCUT2D eigenvalue weighted by atomic mass is 16.5. The lowest BCUT2D eigenvalue weighted by atomic mass is 10.1. The minimum atomic E-state index is -0.811. The summed E-state index contributed by atoms with van der Waals surface area (Å²) in [5.74, 6) is 0.846. The first-order chi connectivity index (χ1) is 9.62. The molecule has 2 N–H and O–H groups in total. The van der Waals surface area contributed by atoms with Crippen LogP contribution in [0.2, 0.25) is 0 Å². The fourth-order valence-electron chi connectivity index (χ4n) is 1.73. The molecule has 1 atom stereocenters. The zero-order valence-electron chi connectivity index (χ0n) is 12.0. The van der Waals surface area contributed by atoms with Crippen LogP contribution in [0.1, 0.15) is 18.6 Å². The van der Waals surface area contributed by atoms with Gasteiger partial charge < -0.3 is 24.6 Å². The highest BCUT2D eigenvalue weighted by Gasteiger charge is 2.15. The van der Waals surface area contributed by atoms with E-state index in [-0.39, 0.29) is 19.1 Å². The Morgan fingerprint density at radius 2 is 2.10 bits per heavy atom. The van der Waals surface area contributed by atoms with E-state index in [1.165, 1.54) is 7.11 Å². The summed E-state index contributed by atoms with van der Waals surface area (Å²) in [5.41, 5.74) is 0.600. The van der Waals surface area contributed by atoms with Crippen LogP contribution in [0.15, 0.2) is 18.2 Å². The van der Waals surface area contributed by atoms with Crippen molar-refractivity contribution in [2.24, 2.45) is 0 Å². The smallest absolute Gasteiger partial charge is 0.319 e. The summed E-state index contributed by atoms with van der Waals surface area (Å²) in [4.78, 5) is 11.2. The van der Waals surface area contributed by atoms with Gasteiger partial charge >= 0.3 is 5.97 Å². The van der Waals surface area contributed by atoms with Crippen molar-refractivity contribution >= 4 is 5.97 Å². The molecule has 6 nitrogen and oxygen atoms in total. The predicted molar refractivity (Wildman–Crippen MR) is 74.0 cm³/mol. The van der Waals surface area contributed by atoms with E-state index in [0.29, 0.717) is 23.7 Å². The van der Waals surface area contributed by atoms with E-state index in [4.69, 9.17) is 14.2 Å². The molecule has 20 heavy (non-hydrogen) atoms. The minimum absolute atomic E-state index is 0.0528. The number of hydrogen-bond donors (Lipinski definition) is 2. The number of carbonyl (C=O) groups excluding carboxylic acids is 1. The van der Waals surface area contributed by atoms with Crippen LogP contribution >= 0.6 is 0 Å². The summed E-state index contributed by atoms with van der Waals surface area (Å²) in [6, 6.07) is 5.18. The van der Waals surface area contributed by atoms with E-state index in [1.54, 1.807) is 32.2 Å². The van der Waals surface area contributed by atoms with Crippen molar-refractivity contribution in [3.8, 4) is 11.5 Å². The molecule has 6 heteroatoms. The van der Waals surface area contributed by atoms with Crippen LogP contribution in [0.5, 0.6) is 11.5 Å². The zero-order chi connectivity index (χ0) is 15.0. The number of benzene rings is 1. The number of ether oxygens (including phenoxy) is 3. The van der Waals surface area contributed by atoms with Gasteiger partial charge in [-0.05, 0) is 25.1 Å². The van der Waals surface area contributed by atoms with Crippen LogP contribution in [0.25, 0.3) is 0 Å². The standard InChI is InChI=1S/C14H21NO5/c1-4-20-14(17)9-15-8-12(16)11-7-10(18-2)5-6-13(11)19-3/h5-7,12,15-16H,4,8-9H2,1-3H3. The number of nitrogens with one attached hydrogen (secondary N) is 1. The summed E-state index contributed by atoms with van der Waals surface area (Å²) in [7, 11) is 3.08. The lowest BCUT2D eigenvalue weighted by Gasteiger charge is -2.16. The molecule has 112 valence electrons. The second kappa shape index (κ2) is 8.39. The summed E-state index contributed by atoms with van der Waals surface area (Å²) >= 11 is 0. The Bertz CT molecular complexity index is 436. The molecule has 0 bridgehead atoms. The normalized spacial score (nSPS) is 11.8. The number of rotatable bonds is 8. The molecule has 0 saturated carbocycles. The largest absolute Gasteiger partial charge is 0.497 e. The molecular formula is C14H21NO5. The molecule has 1 aromatic carbocycles. The Labute approximate surface area is 118 Å². The van der Waals surface area contributed by atoms with E-state index < -0.39 is 6.10 Å². The molecule has 1 unspecified atom stereocenters. The first kappa shape index (κ1) is 16.3. The van der Waals surface area contributed by atoms with Crippen molar-refractivity contribution in [1.29, 1.82) is 0 Å². The van der Waals surface area contributed by atoms with Gasteiger partial charge in [-0.1, -0.05) is 0 Å². The summed E-state index contributed by atoms with van der Waals surface area (Å²) < 4.78 is 15.1. The predicted octanol–water partition coefficient (Wildman–Crippen LogP) is 0.890. The maximum absolute atomic E-state index is 11.2. The Kier molecular flexibility index (Phi) is 6.83. The molecule has 0 amide bonds. The van der Waals surface area contributed by atoms with Crippen LogP contribution in [-0.4, -0.2) is 45.0 Å². The summed E-state index contributed by atoms with van der Waals surface area (Å²) in [6.07, 6.45) is -0.811. The van der Waals surface area contributed by atoms with Crippen molar-refractivity contribution in [1.82, 2.24) is 5.32 Å². The zero-order valence-corrected chi connectivity index (χ0v) is 12.0. The third kappa shape index (κ3) is 4.71. The maximum atomic E-state index is 11.2. The van der Waals surface area contributed by atoms with Gasteiger partial charge in [0.1, 0.15) is 11.5 Å². The minimum Gasteiger partial charge on any atom is -0.497 e. The quantitative estimate of drug-likeness (QED) is 0.690. The van der Waals surface area contributed by atoms with Crippen LogP contribution in [-0.2, 0) is 9.53 Å². The molecule has 1 aromatic rings. The molecule has 0 aliphatic carbocycles. The van der Waals surface area contributed by atoms with E-state index in [9.17, 15) is 9.90 Å². The lowest BCUT2D eigenvalue weighted by molar-refractivity contribution is -0.142. The number of esters is 1. The van der Waals surface area contributed by atoms with Gasteiger partial charge in [0, 0.05) is 12.1 Å². The average molecular weight is 283 g/mol. The first-order valence-corrected chi connectivity index (χ1v) is 6.38. The van der Waals surface area contributed by atoms with Crippen molar-refractivity contribution < 1.29 is 24.1 Å². The summed E-state index contributed by atoms with van der Waals surface area (Å²) in [6.45, 7) is 2.35. The number of hydrogen-bond acceptors (Lipinski definition) is 6. The molecule has 0 spiro atoms. The molecule has 0 fully saturated rings. The SMILES string of the molecule is CCOC(=O)CNCC(O)c1cc(OC)ccc1OC. The van der Waals surface area contributed by atoms with Gasteiger partial charge in [0.2, 0.25) is 0 Å². The number of methoxy groups -OCH3 is 2. The second-order valence-electron chi connectivity index (χ2n) is 4.06. The highest BCUT2D eigenvalue weighted by molar-refractivity contribution is 5.71. The molecule has 1 rings (SSSR count). The van der Waals surface area contributed by atoms with Gasteiger partial charge in [-0.3, -0.25) is 4.79 Å². The van der Waals surface area contributed by atoms with Gasteiger partial charge in [-0.25, -0.2) is 0 Å². The van der Waals surface area contributed by atoms with Gasteiger partial charge in [-0.2, -0.15) is 0 Å². The molecule has 0 radical (unpaired) electrons. The third-order valence-corrected chi connectivity index (χ3v) is 2.71. The van der Waals surface area contributed by atoms with Crippen molar-refractivity contribution in [3.63, 3.8) is 0 Å². The molecule has 0 heterocycles. The average Bonchev–Trinajstić information content (AvgIpc) is 2.46. The second-order valence-corrected chi connectivity index (χ2v) is 4.06. The Hall–Kier alpha value is -1.79. The topological polar surface area (TPSA) is 77.0 Å². The number of aliphatic hydroxyl groups excluding tert-OH is 1. The van der Waals surface area contributed by atoms with Gasteiger partial charge in [0.25, 0.3) is 0 Å². The van der Waals surface area contributed by atoms with Crippen LogP contribution in [0, 0.1) is 0 Å². The molecular weight excluding hydrogens is 262 g/mol. The van der Waals surface area contributed by atoms with Gasteiger partial charge in [0.05, 0.1) is 33.5 Å². The van der Waals surface area contributed by atoms with Crippen LogP contribution < -0.4 is 14.8 Å². The third-order valence-electron chi connectivity index (χ3n) is 2.71. The Morgan fingerprint density at radius 1 is 1.35 bits per heavy atom. The number of aliphatic hydroxyl groups is 1. The van der Waals surface area contributed by atoms with Crippen molar-refractivity contribution in [2.45, 2.75) is 13.0 Å². The Balaban J connectivity index is 2.61. The van der Waals surface area contributed by atoms with Gasteiger partial charge in [-0.15, -0.1) is 0 Å². The molecule has 0 aromatic heterocycles. The molecule has 0 aliphatic heterocycles. The first-order valence-electron chi connectivity index (χ1n) is 6.38. The van der Waals surface area contributed by atoms with E-state index in [0.717, 1.165) is 0 Å². The fourth-order valence-corrected chi connectivity index (χ4v) is 1.73. The van der Waals surface area contributed by atoms with Crippen LogP contribution in [0.4, 0.5) is 0 Å². The highest BCUT2D eigenvalue weighted by Crippen LogP contribution is 2.28. The van der Waals surface area contributed by atoms with Crippen molar-refractivity contribution in [3.05, 3.63) is 23.8 Å². The Morgan fingerprint density at radius 3 is 2.70 bits per heavy atom. The summed E-state index contributed by atoms with van der Waals surface area (Å²) in [5, 5.41) is 13.0. The monoisotopic (exact) mass is 283 g/mol. The van der Waals surface area contributed by atoms with Crippen LogP contribution in [0.3, 0.4) is 0 Å². The van der Waals surface area contributed by atoms with E-state index in [1.807, 2.05) is 0 Å². The maximum Gasteiger partial charge on any atom is 0.319 e.